The van der Waals surface area contributed by atoms with Gasteiger partial charge in [-0.15, -0.1) is 11.3 Å². The second-order valence-corrected chi connectivity index (χ2v) is 4.40. The van der Waals surface area contributed by atoms with Crippen LogP contribution in [-0.2, 0) is 11.2 Å². The molecular formula is C10H10N4O3S. The first-order valence-electron chi connectivity index (χ1n) is 5.06. The van der Waals surface area contributed by atoms with Crippen molar-refractivity contribution in [1.29, 1.82) is 0 Å². The average molecular weight is 266 g/mol. The number of rotatable bonds is 5. The zero-order chi connectivity index (χ0) is 13.0. The van der Waals surface area contributed by atoms with E-state index < -0.39 is 17.9 Å². The molecule has 2 aromatic heterocycles. The van der Waals surface area contributed by atoms with E-state index in [1.165, 1.54) is 24.2 Å². The van der Waals surface area contributed by atoms with Crippen molar-refractivity contribution >= 4 is 23.2 Å². The number of imidazole rings is 1. The lowest BCUT2D eigenvalue weighted by Gasteiger charge is -2.12. The highest BCUT2D eigenvalue weighted by atomic mass is 32.1. The number of H-pyrrole nitrogens is 1. The zero-order valence-corrected chi connectivity index (χ0v) is 9.98. The van der Waals surface area contributed by atoms with Gasteiger partial charge in [-0.3, -0.25) is 9.78 Å². The molecule has 0 radical (unpaired) electrons. The highest BCUT2D eigenvalue weighted by Crippen LogP contribution is 2.06. The maximum atomic E-state index is 11.7. The van der Waals surface area contributed by atoms with Gasteiger partial charge >= 0.3 is 5.97 Å². The fourth-order valence-electron chi connectivity index (χ4n) is 1.37. The van der Waals surface area contributed by atoms with E-state index in [2.05, 4.69) is 20.3 Å². The standard InChI is InChI=1S/C10H10N4O3S/c15-9(8-3-12-5-18-8)14-7(10(16)17)1-6-2-11-4-13-6/h2-5,7H,1H2,(H,11,13)(H,14,15)(H,16,17). The summed E-state index contributed by atoms with van der Waals surface area (Å²) in [6.07, 6.45) is 4.53. The van der Waals surface area contributed by atoms with Crippen LogP contribution in [0.2, 0.25) is 0 Å². The highest BCUT2D eigenvalue weighted by Gasteiger charge is 2.22. The Kier molecular flexibility index (Phi) is 3.68. The number of carbonyl (C=O) groups excluding carboxylic acids is 1. The third-order valence-electron chi connectivity index (χ3n) is 2.24. The average Bonchev–Trinajstić information content (AvgIpc) is 3.00. The first-order valence-corrected chi connectivity index (χ1v) is 5.94. The molecule has 0 saturated carbocycles. The number of thiazole rings is 1. The molecule has 2 heterocycles. The minimum Gasteiger partial charge on any atom is -0.480 e. The van der Waals surface area contributed by atoms with Gasteiger partial charge in [0.1, 0.15) is 10.9 Å². The van der Waals surface area contributed by atoms with Gasteiger partial charge in [-0.25, -0.2) is 9.78 Å². The summed E-state index contributed by atoms with van der Waals surface area (Å²) in [4.78, 5) is 33.5. The van der Waals surface area contributed by atoms with Gasteiger partial charge in [-0.05, 0) is 0 Å². The van der Waals surface area contributed by atoms with Gasteiger partial charge in [0.05, 0.1) is 18.0 Å². The molecule has 1 amide bonds. The Morgan fingerprint density at radius 2 is 2.28 bits per heavy atom. The third kappa shape index (κ3) is 2.92. The number of aromatic amines is 1. The lowest BCUT2D eigenvalue weighted by Crippen LogP contribution is -2.42. The van der Waals surface area contributed by atoms with Crippen LogP contribution in [-0.4, -0.2) is 38.0 Å². The SMILES string of the molecule is O=C(NC(Cc1cnc[nH]1)C(=O)O)c1cncs1. The number of hydrogen-bond donors (Lipinski definition) is 3. The molecule has 1 atom stereocenters. The summed E-state index contributed by atoms with van der Waals surface area (Å²) in [6, 6.07) is -1.000. The van der Waals surface area contributed by atoms with Crippen molar-refractivity contribution in [3.63, 3.8) is 0 Å². The van der Waals surface area contributed by atoms with Crippen LogP contribution in [0.25, 0.3) is 0 Å². The first-order chi connectivity index (χ1) is 8.66. The van der Waals surface area contributed by atoms with Crippen molar-refractivity contribution in [2.24, 2.45) is 0 Å². The van der Waals surface area contributed by atoms with Gasteiger partial charge in [0, 0.05) is 18.3 Å². The number of aromatic nitrogens is 3. The molecule has 18 heavy (non-hydrogen) atoms. The van der Waals surface area contributed by atoms with E-state index in [1.54, 1.807) is 0 Å². The van der Waals surface area contributed by atoms with Gasteiger partial charge in [0.2, 0.25) is 0 Å². The molecule has 94 valence electrons. The Bertz CT molecular complexity index is 523. The molecule has 0 fully saturated rings. The molecule has 0 saturated heterocycles. The van der Waals surface area contributed by atoms with Crippen LogP contribution in [0.15, 0.2) is 24.2 Å². The Hall–Kier alpha value is -2.22. The fourth-order valence-corrected chi connectivity index (χ4v) is 1.90. The number of nitrogens with one attached hydrogen (secondary N) is 2. The van der Waals surface area contributed by atoms with E-state index >= 15 is 0 Å². The van der Waals surface area contributed by atoms with Gasteiger partial charge in [-0.2, -0.15) is 0 Å². The molecule has 1 unspecified atom stereocenters. The van der Waals surface area contributed by atoms with E-state index in [-0.39, 0.29) is 6.42 Å². The van der Waals surface area contributed by atoms with Crippen molar-refractivity contribution < 1.29 is 14.7 Å². The largest absolute Gasteiger partial charge is 0.480 e. The van der Waals surface area contributed by atoms with Crippen LogP contribution in [0.5, 0.6) is 0 Å². The monoisotopic (exact) mass is 266 g/mol. The van der Waals surface area contributed by atoms with Crippen LogP contribution in [0.1, 0.15) is 15.4 Å². The maximum Gasteiger partial charge on any atom is 0.326 e. The van der Waals surface area contributed by atoms with Gasteiger partial charge in [0.15, 0.2) is 0 Å². The predicted molar refractivity (Wildman–Crippen MR) is 63.3 cm³/mol. The summed E-state index contributed by atoms with van der Waals surface area (Å²) in [5.41, 5.74) is 2.16. The van der Waals surface area contributed by atoms with E-state index in [1.807, 2.05) is 0 Å². The Morgan fingerprint density at radius 1 is 1.44 bits per heavy atom. The number of nitrogens with zero attached hydrogens (tertiary/aromatic N) is 2. The molecule has 0 bridgehead atoms. The van der Waals surface area contributed by atoms with Crippen LogP contribution < -0.4 is 5.32 Å². The quantitative estimate of drug-likeness (QED) is 0.721. The molecule has 0 aliphatic carbocycles. The number of carboxylic acid groups (broad SMARTS) is 1. The number of carbonyl (C=O) groups is 2. The zero-order valence-electron chi connectivity index (χ0n) is 9.16. The molecule has 3 N–H and O–H groups in total. The lowest BCUT2D eigenvalue weighted by atomic mass is 10.1. The van der Waals surface area contributed by atoms with E-state index in [0.717, 1.165) is 11.3 Å². The molecule has 7 nitrogen and oxygen atoms in total. The van der Waals surface area contributed by atoms with Gasteiger partial charge in [-0.1, -0.05) is 0 Å². The van der Waals surface area contributed by atoms with Crippen molar-refractivity contribution in [2.75, 3.05) is 0 Å². The number of aliphatic carboxylic acids is 1. The van der Waals surface area contributed by atoms with Crippen molar-refractivity contribution in [2.45, 2.75) is 12.5 Å². The summed E-state index contributed by atoms with van der Waals surface area (Å²) in [6.45, 7) is 0. The minimum absolute atomic E-state index is 0.153. The number of amides is 1. The van der Waals surface area contributed by atoms with E-state index in [9.17, 15) is 9.59 Å². The highest BCUT2D eigenvalue weighted by molar-refractivity contribution is 7.11. The summed E-state index contributed by atoms with van der Waals surface area (Å²) in [5.74, 6) is -1.54. The second-order valence-electron chi connectivity index (χ2n) is 3.51. The van der Waals surface area contributed by atoms with Crippen molar-refractivity contribution in [3.05, 3.63) is 34.8 Å². The fraction of sp³-hybridized carbons (Fsp3) is 0.200. The third-order valence-corrected chi connectivity index (χ3v) is 3.01. The molecule has 2 rings (SSSR count). The van der Waals surface area contributed by atoms with Crippen LogP contribution in [0, 0.1) is 0 Å². The molecule has 0 aliphatic heterocycles. The molecule has 0 spiro atoms. The second kappa shape index (κ2) is 5.41. The maximum absolute atomic E-state index is 11.7. The minimum atomic E-state index is -1.09. The van der Waals surface area contributed by atoms with Crippen molar-refractivity contribution in [1.82, 2.24) is 20.3 Å². The Morgan fingerprint density at radius 3 is 2.83 bits per heavy atom. The lowest BCUT2D eigenvalue weighted by molar-refractivity contribution is -0.139. The van der Waals surface area contributed by atoms with Crippen LogP contribution in [0.3, 0.4) is 0 Å². The molecule has 0 aromatic carbocycles. The van der Waals surface area contributed by atoms with E-state index in [0.29, 0.717) is 10.6 Å². The van der Waals surface area contributed by atoms with E-state index in [4.69, 9.17) is 5.11 Å². The summed E-state index contributed by atoms with van der Waals surface area (Å²) < 4.78 is 0. The number of carboxylic acids is 1. The summed E-state index contributed by atoms with van der Waals surface area (Å²) >= 11 is 1.16. The predicted octanol–water partition coefficient (Wildman–Crippen LogP) is 0.292. The Labute approximate surface area is 106 Å². The topological polar surface area (TPSA) is 108 Å². The first kappa shape index (κ1) is 12.2. The molecule has 0 aliphatic rings. The molecular weight excluding hydrogens is 256 g/mol. The number of hydrogen-bond acceptors (Lipinski definition) is 5. The summed E-state index contributed by atoms with van der Waals surface area (Å²) in [5, 5.41) is 11.5. The smallest absolute Gasteiger partial charge is 0.326 e. The van der Waals surface area contributed by atoms with Gasteiger partial charge < -0.3 is 15.4 Å². The van der Waals surface area contributed by atoms with Crippen molar-refractivity contribution in [3.8, 4) is 0 Å². The van der Waals surface area contributed by atoms with Gasteiger partial charge in [0.25, 0.3) is 5.91 Å². The normalized spacial score (nSPS) is 12.0. The van der Waals surface area contributed by atoms with Crippen LogP contribution >= 0.6 is 11.3 Å². The molecule has 2 aromatic rings. The van der Waals surface area contributed by atoms with Crippen LogP contribution in [0.4, 0.5) is 0 Å². The summed E-state index contributed by atoms with van der Waals surface area (Å²) in [7, 11) is 0. The Balaban J connectivity index is 2.03. The molecule has 8 heteroatoms.